The van der Waals surface area contributed by atoms with Gasteiger partial charge in [-0.1, -0.05) is 0 Å². The Morgan fingerprint density at radius 2 is 2.17 bits per heavy atom. The lowest BCUT2D eigenvalue weighted by Crippen LogP contribution is -2.12. The molecule has 0 bridgehead atoms. The summed E-state index contributed by atoms with van der Waals surface area (Å²) >= 11 is 0. The minimum absolute atomic E-state index is 0.0514. The number of carbonyl (C=O) groups is 1. The number of alkyl halides is 2. The van der Waals surface area contributed by atoms with Crippen molar-refractivity contribution < 1.29 is 23.0 Å². The van der Waals surface area contributed by atoms with Crippen LogP contribution in [0.4, 0.5) is 8.78 Å². The first-order valence-electron chi connectivity index (χ1n) is 5.14. The summed E-state index contributed by atoms with van der Waals surface area (Å²) in [5, 5.41) is 0. The van der Waals surface area contributed by atoms with Gasteiger partial charge in [0.05, 0.1) is 31.9 Å². The van der Waals surface area contributed by atoms with Gasteiger partial charge in [0.25, 0.3) is 6.43 Å². The molecule has 0 aliphatic heterocycles. The van der Waals surface area contributed by atoms with E-state index < -0.39 is 12.4 Å². The summed E-state index contributed by atoms with van der Waals surface area (Å²) in [6, 6.07) is 0. The Hall–Kier alpha value is -1.76. The van der Waals surface area contributed by atoms with Gasteiger partial charge in [-0.2, -0.15) is 0 Å². The van der Waals surface area contributed by atoms with E-state index in [2.05, 4.69) is 9.72 Å². The molecule has 0 amide bonds. The predicted octanol–water partition coefficient (Wildman–Crippen LogP) is 1.20. The third-order valence-corrected chi connectivity index (χ3v) is 2.40. The Morgan fingerprint density at radius 3 is 2.61 bits per heavy atom. The molecule has 0 aromatic carbocycles. The second-order valence-corrected chi connectivity index (χ2v) is 3.43. The highest BCUT2D eigenvalue weighted by atomic mass is 19.3. The largest absolute Gasteiger partial charge is 0.496 e. The van der Waals surface area contributed by atoms with Crippen molar-refractivity contribution >= 4 is 5.97 Å². The average molecular weight is 260 g/mol. The smallest absolute Gasteiger partial charge is 0.310 e. The van der Waals surface area contributed by atoms with Gasteiger partial charge in [-0.25, -0.2) is 8.78 Å². The highest BCUT2D eigenvalue weighted by molar-refractivity contribution is 5.73. The zero-order valence-electron chi connectivity index (χ0n) is 10.1. The molecule has 1 aromatic rings. The van der Waals surface area contributed by atoms with Crippen LogP contribution in [0.1, 0.15) is 23.2 Å². The van der Waals surface area contributed by atoms with Gasteiger partial charge in [0, 0.05) is 18.3 Å². The molecule has 0 spiro atoms. The Bertz CT molecular complexity index is 439. The number of nitrogens with two attached hydrogens (primary N) is 1. The van der Waals surface area contributed by atoms with Crippen molar-refractivity contribution in [2.24, 2.45) is 5.73 Å². The monoisotopic (exact) mass is 260 g/mol. The van der Waals surface area contributed by atoms with Crippen molar-refractivity contribution in [1.29, 1.82) is 0 Å². The number of pyridine rings is 1. The predicted molar refractivity (Wildman–Crippen MR) is 59.4 cm³/mol. The van der Waals surface area contributed by atoms with Crippen LogP contribution in [0.15, 0.2) is 6.20 Å². The van der Waals surface area contributed by atoms with Crippen molar-refractivity contribution in [3.05, 3.63) is 23.0 Å². The Labute approximate surface area is 103 Å². The molecule has 0 aliphatic carbocycles. The topological polar surface area (TPSA) is 74.4 Å². The third kappa shape index (κ3) is 2.92. The highest BCUT2D eigenvalue weighted by Crippen LogP contribution is 2.34. The van der Waals surface area contributed by atoms with Gasteiger partial charge in [0.1, 0.15) is 5.75 Å². The van der Waals surface area contributed by atoms with Crippen molar-refractivity contribution in [1.82, 2.24) is 4.98 Å². The van der Waals surface area contributed by atoms with E-state index in [1.807, 2.05) is 0 Å². The highest BCUT2D eigenvalue weighted by Gasteiger charge is 2.23. The molecule has 1 aromatic heterocycles. The van der Waals surface area contributed by atoms with Gasteiger partial charge in [0.15, 0.2) is 0 Å². The van der Waals surface area contributed by atoms with Crippen molar-refractivity contribution in [2.45, 2.75) is 19.4 Å². The minimum atomic E-state index is -2.77. The van der Waals surface area contributed by atoms with Crippen LogP contribution in [0.2, 0.25) is 0 Å². The molecule has 0 saturated heterocycles. The van der Waals surface area contributed by atoms with E-state index >= 15 is 0 Å². The van der Waals surface area contributed by atoms with Crippen LogP contribution < -0.4 is 10.5 Å². The van der Waals surface area contributed by atoms with E-state index in [0.717, 1.165) is 0 Å². The second kappa shape index (κ2) is 6.25. The zero-order valence-corrected chi connectivity index (χ0v) is 10.1. The molecule has 0 unspecified atom stereocenters. The van der Waals surface area contributed by atoms with E-state index in [1.54, 1.807) is 0 Å². The number of hydrogen-bond donors (Lipinski definition) is 1. The fourth-order valence-electron chi connectivity index (χ4n) is 1.57. The molecule has 2 N–H and O–H groups in total. The molecule has 1 rings (SSSR count). The number of methoxy groups -OCH3 is 2. The Morgan fingerprint density at radius 1 is 1.50 bits per heavy atom. The van der Waals surface area contributed by atoms with Crippen molar-refractivity contribution in [3.63, 3.8) is 0 Å². The number of halogens is 2. The fraction of sp³-hybridized carbons (Fsp3) is 0.455. The average Bonchev–Trinajstić information content (AvgIpc) is 2.37. The molecule has 0 aliphatic rings. The SMILES string of the molecule is COC(=O)Cc1cnc(CN)c(C(F)F)c1OC. The molecule has 0 radical (unpaired) electrons. The first kappa shape index (κ1) is 14.3. The van der Waals surface area contributed by atoms with Gasteiger partial charge < -0.3 is 15.2 Å². The van der Waals surface area contributed by atoms with Crippen LogP contribution in [-0.2, 0) is 22.5 Å². The lowest BCUT2D eigenvalue weighted by molar-refractivity contribution is -0.139. The molecule has 0 saturated carbocycles. The maximum Gasteiger partial charge on any atom is 0.310 e. The summed E-state index contributed by atoms with van der Waals surface area (Å²) in [7, 11) is 2.47. The van der Waals surface area contributed by atoms with Crippen LogP contribution in [0.5, 0.6) is 5.75 Å². The van der Waals surface area contributed by atoms with Crippen LogP contribution in [-0.4, -0.2) is 25.2 Å². The summed E-state index contributed by atoms with van der Waals surface area (Å²) in [5.74, 6) is -0.623. The van der Waals surface area contributed by atoms with Crippen LogP contribution in [0, 0.1) is 0 Å². The molecular weight excluding hydrogens is 246 g/mol. The fourth-order valence-corrected chi connectivity index (χ4v) is 1.57. The van der Waals surface area contributed by atoms with E-state index in [1.165, 1.54) is 20.4 Å². The van der Waals surface area contributed by atoms with Gasteiger partial charge in [-0.05, 0) is 0 Å². The quantitative estimate of drug-likeness (QED) is 0.805. The molecule has 1 heterocycles. The van der Waals surface area contributed by atoms with Gasteiger partial charge in [-0.15, -0.1) is 0 Å². The number of esters is 1. The van der Waals surface area contributed by atoms with E-state index in [-0.39, 0.29) is 35.5 Å². The Kier molecular flexibility index (Phi) is 4.96. The maximum absolute atomic E-state index is 13.0. The van der Waals surface area contributed by atoms with Gasteiger partial charge >= 0.3 is 5.97 Å². The maximum atomic E-state index is 13.0. The third-order valence-electron chi connectivity index (χ3n) is 2.40. The van der Waals surface area contributed by atoms with Crippen LogP contribution in [0.25, 0.3) is 0 Å². The molecule has 0 atom stereocenters. The van der Waals surface area contributed by atoms with E-state index in [9.17, 15) is 13.6 Å². The summed E-state index contributed by atoms with van der Waals surface area (Å²) in [5.41, 5.74) is 5.27. The normalized spacial score (nSPS) is 10.6. The molecule has 7 heteroatoms. The van der Waals surface area contributed by atoms with Gasteiger partial charge in [0.2, 0.25) is 0 Å². The first-order chi connectivity index (χ1) is 8.54. The molecule has 0 fully saturated rings. The molecular formula is C11H14F2N2O3. The van der Waals surface area contributed by atoms with E-state index in [4.69, 9.17) is 10.5 Å². The molecule has 100 valence electrons. The summed E-state index contributed by atoms with van der Waals surface area (Å²) < 4.78 is 35.4. The summed E-state index contributed by atoms with van der Waals surface area (Å²) in [6.07, 6.45) is -1.66. The van der Waals surface area contributed by atoms with Crippen LogP contribution >= 0.6 is 0 Å². The molecule has 18 heavy (non-hydrogen) atoms. The number of carbonyl (C=O) groups excluding carboxylic acids is 1. The lowest BCUT2D eigenvalue weighted by Gasteiger charge is -2.15. The summed E-state index contributed by atoms with van der Waals surface area (Å²) in [6.45, 7) is -0.130. The van der Waals surface area contributed by atoms with Crippen LogP contribution in [0.3, 0.4) is 0 Å². The van der Waals surface area contributed by atoms with Crippen molar-refractivity contribution in [2.75, 3.05) is 14.2 Å². The summed E-state index contributed by atoms with van der Waals surface area (Å²) in [4.78, 5) is 15.0. The number of nitrogens with zero attached hydrogens (tertiary/aromatic N) is 1. The number of hydrogen-bond acceptors (Lipinski definition) is 5. The lowest BCUT2D eigenvalue weighted by atomic mass is 10.1. The second-order valence-electron chi connectivity index (χ2n) is 3.43. The Balaban J connectivity index is 3.28. The molecule has 5 nitrogen and oxygen atoms in total. The number of aromatic nitrogens is 1. The number of ether oxygens (including phenoxy) is 2. The minimum Gasteiger partial charge on any atom is -0.496 e. The van der Waals surface area contributed by atoms with Crippen molar-refractivity contribution in [3.8, 4) is 5.75 Å². The van der Waals surface area contributed by atoms with E-state index in [0.29, 0.717) is 0 Å². The van der Waals surface area contributed by atoms with Gasteiger partial charge in [-0.3, -0.25) is 9.78 Å². The zero-order chi connectivity index (χ0) is 13.7. The standard InChI is InChI=1S/C11H14F2N2O3/c1-17-8(16)3-6-5-15-7(4-14)9(11(12)13)10(6)18-2/h5,11H,3-4,14H2,1-2H3. The number of rotatable bonds is 5. The first-order valence-corrected chi connectivity index (χ1v) is 5.14.